The molecule has 0 spiro atoms. The summed E-state index contributed by atoms with van der Waals surface area (Å²) in [5.74, 6) is -0.136. The van der Waals surface area contributed by atoms with Gasteiger partial charge in [-0.25, -0.2) is 8.42 Å². The maximum atomic E-state index is 13.2. The Bertz CT molecular complexity index is 1300. The summed E-state index contributed by atoms with van der Waals surface area (Å²) in [5.41, 5.74) is 7.19. The third-order valence-corrected chi connectivity index (χ3v) is 7.25. The Balaban J connectivity index is 1.47. The van der Waals surface area contributed by atoms with Crippen molar-refractivity contribution >= 4 is 21.8 Å². The Hall–Kier alpha value is -3.43. The number of nitrogens with one attached hydrogen (secondary N) is 2. The molecule has 1 aromatic heterocycles. The number of carbonyl (C=O) groups is 2. The molecule has 0 bridgehead atoms. The van der Waals surface area contributed by atoms with Gasteiger partial charge in [0.1, 0.15) is 11.5 Å². The number of rotatable bonds is 4. The largest absolute Gasteiger partial charge is 0.466 e. The van der Waals surface area contributed by atoms with E-state index in [4.69, 9.17) is 4.42 Å². The maximum absolute atomic E-state index is 13.2. The number of fused-ring (bicyclic) bond motifs is 1. The summed E-state index contributed by atoms with van der Waals surface area (Å²) in [4.78, 5) is 24.8. The predicted molar refractivity (Wildman–Crippen MR) is 117 cm³/mol. The SMILES string of the molecule is Cc1cc(C(=O)NNC(=O)c2cccc(S(=O)(=O)N3CCc4ccccc4C3)c2)c(C)o1. The van der Waals surface area contributed by atoms with Gasteiger partial charge in [-0.2, -0.15) is 4.31 Å². The van der Waals surface area contributed by atoms with Crippen molar-refractivity contribution in [1.29, 1.82) is 0 Å². The van der Waals surface area contributed by atoms with Crippen molar-refractivity contribution in [3.05, 3.63) is 88.4 Å². The van der Waals surface area contributed by atoms with Gasteiger partial charge in [0.25, 0.3) is 11.8 Å². The van der Waals surface area contributed by atoms with Crippen LogP contribution in [0.5, 0.6) is 0 Å². The molecule has 0 radical (unpaired) electrons. The fourth-order valence-electron chi connectivity index (χ4n) is 3.73. The number of amides is 2. The first-order valence-corrected chi connectivity index (χ1v) is 11.5. The summed E-state index contributed by atoms with van der Waals surface area (Å²) in [5, 5.41) is 0. The molecule has 0 aliphatic carbocycles. The molecule has 2 N–H and O–H groups in total. The molecule has 0 fully saturated rings. The van der Waals surface area contributed by atoms with E-state index in [1.165, 1.54) is 28.6 Å². The molecule has 1 aliphatic heterocycles. The highest BCUT2D eigenvalue weighted by molar-refractivity contribution is 7.89. The fraction of sp³-hybridized carbons (Fsp3) is 0.217. The molecular weight excluding hydrogens is 430 g/mol. The number of hydrogen-bond acceptors (Lipinski definition) is 5. The van der Waals surface area contributed by atoms with Crippen LogP contribution < -0.4 is 10.9 Å². The highest BCUT2D eigenvalue weighted by Gasteiger charge is 2.28. The third kappa shape index (κ3) is 4.30. The number of aryl methyl sites for hydroxylation is 2. The van der Waals surface area contributed by atoms with Crippen LogP contribution >= 0.6 is 0 Å². The van der Waals surface area contributed by atoms with E-state index in [2.05, 4.69) is 10.9 Å². The Morgan fingerprint density at radius 1 is 0.938 bits per heavy atom. The molecule has 2 amide bonds. The number of hydrogen-bond donors (Lipinski definition) is 2. The van der Waals surface area contributed by atoms with Crippen LogP contribution in [-0.2, 0) is 23.0 Å². The van der Waals surface area contributed by atoms with Gasteiger partial charge in [0.2, 0.25) is 10.0 Å². The second-order valence-corrected chi connectivity index (χ2v) is 9.56. The Morgan fingerprint density at radius 2 is 1.66 bits per heavy atom. The summed E-state index contributed by atoms with van der Waals surface area (Å²) < 4.78 is 33.1. The monoisotopic (exact) mass is 453 g/mol. The molecule has 0 saturated heterocycles. The van der Waals surface area contributed by atoms with Gasteiger partial charge in [-0.1, -0.05) is 30.3 Å². The molecule has 2 heterocycles. The Kier molecular flexibility index (Phi) is 5.86. The summed E-state index contributed by atoms with van der Waals surface area (Å²) >= 11 is 0. The standard InChI is InChI=1S/C23H23N3O5S/c1-15-12-21(16(2)31-15)23(28)25-24-22(27)18-8-5-9-20(13-18)32(29,30)26-11-10-17-6-3-4-7-19(17)14-26/h3-9,12-13H,10-11,14H2,1-2H3,(H,24,27)(H,25,28). The number of nitrogens with zero attached hydrogens (tertiary/aromatic N) is 1. The smallest absolute Gasteiger partial charge is 0.273 e. The molecule has 0 unspecified atom stereocenters. The van der Waals surface area contributed by atoms with Crippen LogP contribution in [0.2, 0.25) is 0 Å². The zero-order chi connectivity index (χ0) is 22.9. The zero-order valence-electron chi connectivity index (χ0n) is 17.7. The van der Waals surface area contributed by atoms with Crippen molar-refractivity contribution in [2.24, 2.45) is 0 Å². The van der Waals surface area contributed by atoms with Gasteiger partial charge in [0.05, 0.1) is 10.5 Å². The molecule has 166 valence electrons. The summed E-state index contributed by atoms with van der Waals surface area (Å²) in [6, 6.07) is 15.1. The van der Waals surface area contributed by atoms with Crippen molar-refractivity contribution < 1.29 is 22.4 Å². The van der Waals surface area contributed by atoms with Crippen molar-refractivity contribution in [1.82, 2.24) is 15.2 Å². The number of carbonyl (C=O) groups excluding carboxylic acids is 2. The first-order valence-electron chi connectivity index (χ1n) is 10.1. The minimum absolute atomic E-state index is 0.0251. The highest BCUT2D eigenvalue weighted by Crippen LogP contribution is 2.25. The molecule has 4 rings (SSSR count). The van der Waals surface area contributed by atoms with Crippen LogP contribution in [0.3, 0.4) is 0 Å². The zero-order valence-corrected chi connectivity index (χ0v) is 18.5. The van der Waals surface area contributed by atoms with Crippen LogP contribution in [-0.4, -0.2) is 31.1 Å². The van der Waals surface area contributed by atoms with Crippen LogP contribution in [0.15, 0.2) is 63.9 Å². The van der Waals surface area contributed by atoms with E-state index >= 15 is 0 Å². The van der Waals surface area contributed by atoms with E-state index in [9.17, 15) is 18.0 Å². The van der Waals surface area contributed by atoms with Gasteiger partial charge >= 0.3 is 0 Å². The first-order chi connectivity index (χ1) is 15.3. The first kappa shape index (κ1) is 21.8. The Labute approximate surface area is 186 Å². The van der Waals surface area contributed by atoms with Crippen LogP contribution in [0, 0.1) is 13.8 Å². The second kappa shape index (κ2) is 8.60. The van der Waals surface area contributed by atoms with Crippen LogP contribution in [0.1, 0.15) is 43.4 Å². The maximum Gasteiger partial charge on any atom is 0.273 e. The lowest BCUT2D eigenvalue weighted by molar-refractivity contribution is 0.0845. The lowest BCUT2D eigenvalue weighted by atomic mass is 10.0. The number of sulfonamides is 1. The average molecular weight is 454 g/mol. The molecule has 0 atom stereocenters. The summed E-state index contributed by atoms with van der Waals surface area (Å²) in [6.45, 7) is 4.02. The van der Waals surface area contributed by atoms with Crippen molar-refractivity contribution in [2.75, 3.05) is 6.54 Å². The fourth-order valence-corrected chi connectivity index (χ4v) is 5.20. The van der Waals surface area contributed by atoms with Crippen molar-refractivity contribution in [3.63, 3.8) is 0 Å². The number of benzene rings is 2. The molecule has 0 saturated carbocycles. The molecule has 1 aliphatic rings. The normalized spacial score (nSPS) is 13.9. The molecule has 3 aromatic rings. The minimum atomic E-state index is -3.78. The van der Waals surface area contributed by atoms with E-state index < -0.39 is 21.8 Å². The van der Waals surface area contributed by atoms with E-state index in [1.807, 2.05) is 24.3 Å². The van der Waals surface area contributed by atoms with Gasteiger partial charge in [0, 0.05) is 18.7 Å². The van der Waals surface area contributed by atoms with Gasteiger partial charge in [-0.05, 0) is 55.7 Å². The third-order valence-electron chi connectivity index (χ3n) is 5.40. The van der Waals surface area contributed by atoms with E-state index in [0.29, 0.717) is 30.0 Å². The summed E-state index contributed by atoms with van der Waals surface area (Å²) in [6.07, 6.45) is 0.633. The second-order valence-electron chi connectivity index (χ2n) is 7.62. The lowest BCUT2D eigenvalue weighted by Crippen LogP contribution is -2.41. The van der Waals surface area contributed by atoms with E-state index in [1.54, 1.807) is 19.9 Å². The van der Waals surface area contributed by atoms with E-state index in [-0.39, 0.29) is 17.0 Å². The van der Waals surface area contributed by atoms with Gasteiger partial charge < -0.3 is 4.42 Å². The topological polar surface area (TPSA) is 109 Å². The van der Waals surface area contributed by atoms with Gasteiger partial charge in [-0.15, -0.1) is 0 Å². The molecular formula is C23H23N3O5S. The van der Waals surface area contributed by atoms with Crippen molar-refractivity contribution in [2.45, 2.75) is 31.7 Å². The van der Waals surface area contributed by atoms with Gasteiger partial charge in [-0.3, -0.25) is 20.4 Å². The minimum Gasteiger partial charge on any atom is -0.466 e. The highest BCUT2D eigenvalue weighted by atomic mass is 32.2. The molecule has 32 heavy (non-hydrogen) atoms. The van der Waals surface area contributed by atoms with E-state index in [0.717, 1.165) is 11.1 Å². The molecule has 9 heteroatoms. The lowest BCUT2D eigenvalue weighted by Gasteiger charge is -2.28. The Morgan fingerprint density at radius 3 is 2.38 bits per heavy atom. The number of furan rings is 1. The quantitative estimate of drug-likeness (QED) is 0.591. The average Bonchev–Trinajstić information content (AvgIpc) is 3.14. The van der Waals surface area contributed by atoms with Crippen LogP contribution in [0.4, 0.5) is 0 Å². The van der Waals surface area contributed by atoms with Crippen molar-refractivity contribution in [3.8, 4) is 0 Å². The summed E-state index contributed by atoms with van der Waals surface area (Å²) in [7, 11) is -3.78. The molecule has 8 nitrogen and oxygen atoms in total. The predicted octanol–water partition coefficient (Wildman–Crippen LogP) is 2.72. The van der Waals surface area contributed by atoms with Gasteiger partial charge in [0.15, 0.2) is 0 Å². The van der Waals surface area contributed by atoms with Crippen LogP contribution in [0.25, 0.3) is 0 Å². The molecule has 2 aromatic carbocycles. The number of hydrazine groups is 1.